The van der Waals surface area contributed by atoms with Crippen LogP contribution in [0, 0.1) is 6.92 Å². The van der Waals surface area contributed by atoms with E-state index in [1.165, 1.54) is 38.3 Å². The summed E-state index contributed by atoms with van der Waals surface area (Å²) in [5.41, 5.74) is -3.53. The molecule has 0 fully saturated rings. The molecule has 0 bridgehead atoms. The number of allylic oxidation sites excluding steroid dienone is 1. The molecule has 30 heteroatoms. The monoisotopic (exact) mass is 1020 g/mol. The normalized spacial score (nSPS) is 14.9. The van der Waals surface area contributed by atoms with Crippen LogP contribution in [0.15, 0.2) is 123 Å². The predicted molar refractivity (Wildman–Crippen MR) is 234 cm³/mol. The Morgan fingerprint density at radius 3 is 2.07 bits per heavy atom. The maximum Gasteiger partial charge on any atom is 0.358 e. The Morgan fingerprint density at radius 2 is 1.45 bits per heavy atom. The van der Waals surface area contributed by atoms with Gasteiger partial charge in [-0.1, -0.05) is 6.07 Å². The van der Waals surface area contributed by atoms with Crippen molar-refractivity contribution in [2.24, 2.45) is 30.7 Å². The van der Waals surface area contributed by atoms with E-state index in [0.29, 0.717) is 4.68 Å². The highest BCUT2D eigenvalue weighted by atomic mass is 32.2. The van der Waals surface area contributed by atoms with Gasteiger partial charge in [-0.2, -0.15) is 45.3 Å². The molecular formula is C39H38N8O19S3. The predicted octanol–water partition coefficient (Wildman–Crippen LogP) is 5.37. The highest BCUT2D eigenvalue weighted by Crippen LogP contribution is 2.45. The minimum absolute atomic E-state index is 0.0338. The molecule has 0 saturated heterocycles. The number of phenols is 1. The average Bonchev–Trinajstić information content (AvgIpc) is 3.62. The maximum absolute atomic E-state index is 12.6. The minimum atomic E-state index is -5.07. The molecule has 27 nitrogen and oxygen atoms in total. The molecule has 1 aliphatic carbocycles. The number of aromatic hydroxyl groups is 2. The van der Waals surface area contributed by atoms with E-state index in [1.54, 1.807) is 0 Å². The molecule has 366 valence electrons. The number of aliphatic hydroxyl groups excluding tert-OH is 2. The van der Waals surface area contributed by atoms with Crippen LogP contribution < -0.4 is 9.47 Å². The van der Waals surface area contributed by atoms with Crippen LogP contribution in [0.1, 0.15) is 22.5 Å². The summed E-state index contributed by atoms with van der Waals surface area (Å²) < 4.78 is 125. The van der Waals surface area contributed by atoms with Gasteiger partial charge in [0.1, 0.15) is 68.3 Å². The number of carboxylic acid groups (broad SMARTS) is 1. The molecule has 8 N–H and O–H groups in total. The van der Waals surface area contributed by atoms with E-state index in [-0.39, 0.29) is 76.0 Å². The molecule has 0 spiro atoms. The largest absolute Gasteiger partial charge is 0.506 e. The van der Waals surface area contributed by atoms with Crippen molar-refractivity contribution in [1.29, 1.82) is 0 Å². The fourth-order valence-electron chi connectivity index (χ4n) is 6.51. The number of fused-ring (bicyclic) bond motifs is 1. The number of carboxylic acids is 1. The minimum Gasteiger partial charge on any atom is -0.506 e. The Bertz CT molecular complexity index is 3370. The summed E-state index contributed by atoms with van der Waals surface area (Å²) in [4.78, 5) is 10.5. The van der Waals surface area contributed by atoms with E-state index in [1.807, 2.05) is 0 Å². The molecule has 0 saturated carbocycles. The first-order valence-corrected chi connectivity index (χ1v) is 23.6. The number of aromatic nitrogens is 2. The quantitative estimate of drug-likeness (QED) is 0.0380. The van der Waals surface area contributed by atoms with Crippen LogP contribution in [0.5, 0.6) is 23.1 Å². The van der Waals surface area contributed by atoms with Crippen LogP contribution in [0.25, 0.3) is 16.5 Å². The van der Waals surface area contributed by atoms with Gasteiger partial charge in [-0.3, -0.25) is 13.7 Å². The number of rotatable bonds is 19. The molecular weight excluding hydrogens is 981 g/mol. The second-order valence-corrected chi connectivity index (χ2v) is 18.3. The zero-order chi connectivity index (χ0) is 50.6. The summed E-state index contributed by atoms with van der Waals surface area (Å²) >= 11 is 0. The topological polar surface area (TPSA) is 410 Å². The average molecular weight is 1020 g/mol. The Kier molecular flexibility index (Phi) is 15.2. The number of aliphatic hydroxyl groups is 2. The highest BCUT2D eigenvalue weighted by Gasteiger charge is 2.30. The zero-order valence-corrected chi connectivity index (χ0v) is 38.2. The molecule has 0 amide bonds. The number of nitrogens with zero attached hydrogens (tertiary/aromatic N) is 8. The van der Waals surface area contributed by atoms with Crippen LogP contribution in [0.4, 0.5) is 22.7 Å². The van der Waals surface area contributed by atoms with E-state index in [0.717, 1.165) is 43.5 Å². The number of ether oxygens (including phenoxy) is 4. The van der Waals surface area contributed by atoms with Crippen LogP contribution in [-0.4, -0.2) is 127 Å². The van der Waals surface area contributed by atoms with E-state index in [9.17, 15) is 69.2 Å². The number of aryl methyl sites for hydroxylation is 1. The van der Waals surface area contributed by atoms with Gasteiger partial charge in [-0.05, 0) is 54.3 Å². The summed E-state index contributed by atoms with van der Waals surface area (Å²) in [5, 5.41) is 80.0. The molecule has 1 aliphatic rings. The van der Waals surface area contributed by atoms with E-state index >= 15 is 0 Å². The van der Waals surface area contributed by atoms with Crippen molar-refractivity contribution in [3.05, 3.63) is 89.1 Å². The van der Waals surface area contributed by atoms with Crippen molar-refractivity contribution in [2.45, 2.75) is 34.1 Å². The van der Waals surface area contributed by atoms with Crippen molar-refractivity contribution in [1.82, 2.24) is 9.78 Å². The Balaban J connectivity index is 1.54. The molecule has 1 atom stereocenters. The number of azo groups is 3. The second kappa shape index (κ2) is 20.5. The third kappa shape index (κ3) is 11.4. The Labute approximate surface area is 389 Å². The van der Waals surface area contributed by atoms with Crippen LogP contribution in [0.3, 0.4) is 0 Å². The lowest BCUT2D eigenvalue weighted by atomic mass is 10.0. The molecule has 0 aliphatic heterocycles. The standard InChI is InChI=1S/C39H38N8O19S3/c1-19-12-24(29(64-3)18-32(19)68(57,58)59)42-45-36-37(39(52)53)46-47(38(36)51)27-15-22(67(54,55)56)13-20-4-7-28(50)35(34(20)27)44-43-26-17-30(65-10-8-48)25(16-31(26)66-11-9-49)41-40-23-6-5-21(63-2)14-33(23)69(60,61)62/h4-7,12-16,18,30,48-51H,8-11,17H2,1-3H3,(H,52,53)(H,54,55,56)(H,57,58,59)(H,60,61,62)/b41-40+,44-43+,45-42+. The lowest BCUT2D eigenvalue weighted by molar-refractivity contribution is 0.0441. The van der Waals surface area contributed by atoms with Gasteiger partial charge in [0, 0.05) is 30.0 Å². The molecule has 1 heterocycles. The summed E-state index contributed by atoms with van der Waals surface area (Å²) in [7, 11) is -12.2. The number of phenolic OH excluding ortho intramolecular Hbond substituents is 1. The molecule has 4 aromatic carbocycles. The van der Waals surface area contributed by atoms with E-state index in [2.05, 4.69) is 35.8 Å². The van der Waals surface area contributed by atoms with Crippen molar-refractivity contribution in [3.8, 4) is 28.8 Å². The summed E-state index contributed by atoms with van der Waals surface area (Å²) in [6.07, 6.45) is -0.203. The first-order valence-electron chi connectivity index (χ1n) is 19.3. The van der Waals surface area contributed by atoms with Crippen molar-refractivity contribution in [2.75, 3.05) is 40.6 Å². The van der Waals surface area contributed by atoms with Gasteiger partial charge in [0.25, 0.3) is 30.4 Å². The summed E-state index contributed by atoms with van der Waals surface area (Å²) in [6.45, 7) is -0.317. The van der Waals surface area contributed by atoms with Crippen molar-refractivity contribution >= 4 is 69.8 Å². The van der Waals surface area contributed by atoms with E-state index in [4.69, 9.17) is 18.9 Å². The van der Waals surface area contributed by atoms with Gasteiger partial charge in [0.2, 0.25) is 11.6 Å². The van der Waals surface area contributed by atoms with Gasteiger partial charge in [-0.25, -0.2) is 4.79 Å². The number of benzene rings is 4. The summed E-state index contributed by atoms with van der Waals surface area (Å²) in [5.74, 6) is -3.87. The number of hydrogen-bond donors (Lipinski definition) is 8. The number of aromatic carboxylic acids is 1. The lowest BCUT2D eigenvalue weighted by Crippen LogP contribution is -2.22. The van der Waals surface area contributed by atoms with Crippen molar-refractivity contribution in [3.63, 3.8) is 0 Å². The van der Waals surface area contributed by atoms with E-state index < -0.39 is 105 Å². The second-order valence-electron chi connectivity index (χ2n) is 14.1. The highest BCUT2D eigenvalue weighted by molar-refractivity contribution is 7.86. The number of methoxy groups -OCH3 is 2. The first kappa shape index (κ1) is 51.1. The summed E-state index contributed by atoms with van der Waals surface area (Å²) in [6, 6.07) is 9.52. The third-order valence-corrected chi connectivity index (χ3v) is 12.3. The molecule has 0 radical (unpaired) electrons. The number of carbonyl (C=O) groups is 1. The van der Waals surface area contributed by atoms with Crippen LogP contribution >= 0.6 is 0 Å². The number of hydrogen-bond acceptors (Lipinski definition) is 22. The Hall–Kier alpha value is -7.29. The molecule has 1 unspecified atom stereocenters. The molecule has 5 aromatic rings. The first-order chi connectivity index (χ1) is 32.5. The fraction of sp³-hybridized carbons (Fsp3) is 0.231. The van der Waals surface area contributed by atoms with Crippen LogP contribution in [0.2, 0.25) is 0 Å². The zero-order valence-electron chi connectivity index (χ0n) is 35.8. The lowest BCUT2D eigenvalue weighted by Gasteiger charge is -2.23. The SMILES string of the molecule is COc1ccc(/N=N/C2=CC(OCCO)=C(/N=N/c3c(O)ccc4cc(S(=O)(=O)O)cc(-n5nc(C(=O)O)c(/N=N/c6cc(C)c(S(=O)(=O)O)cc6OC)c5O)c34)CC2OCCO)c(S(=O)(=O)O)c1. The van der Waals surface area contributed by atoms with Gasteiger partial charge in [0.05, 0.1) is 50.3 Å². The van der Waals surface area contributed by atoms with Gasteiger partial charge < -0.3 is 44.5 Å². The molecule has 6 rings (SSSR count). The molecule has 69 heavy (non-hydrogen) atoms. The fourth-order valence-corrected chi connectivity index (χ4v) is 8.41. The smallest absolute Gasteiger partial charge is 0.358 e. The third-order valence-electron chi connectivity index (χ3n) is 9.62. The van der Waals surface area contributed by atoms with Gasteiger partial charge in [0.15, 0.2) is 5.69 Å². The Morgan fingerprint density at radius 1 is 0.768 bits per heavy atom. The van der Waals surface area contributed by atoms with Crippen LogP contribution in [-0.2, 0) is 39.8 Å². The van der Waals surface area contributed by atoms with Crippen molar-refractivity contribution < 1.29 is 88.2 Å². The van der Waals surface area contributed by atoms with Gasteiger partial charge in [-0.15, -0.1) is 20.5 Å². The molecule has 1 aromatic heterocycles. The maximum atomic E-state index is 12.6. The van der Waals surface area contributed by atoms with Gasteiger partial charge >= 0.3 is 5.97 Å².